The third-order valence-electron chi connectivity index (χ3n) is 2.32. The molecular formula is C9H17N3. The van der Waals surface area contributed by atoms with Crippen molar-refractivity contribution < 1.29 is 0 Å². The minimum atomic E-state index is 0.110. The standard InChI is InChI=1S/C9H17N3/c1-8(2)5-12-6-9(3,4)11-7(12)10-8/h5-6H2,1-4H3,(H,10,11). The molecule has 0 aromatic carbocycles. The van der Waals surface area contributed by atoms with Crippen LogP contribution in [0.5, 0.6) is 0 Å². The van der Waals surface area contributed by atoms with Crippen molar-refractivity contribution in [3.05, 3.63) is 0 Å². The van der Waals surface area contributed by atoms with E-state index in [-0.39, 0.29) is 11.1 Å². The summed E-state index contributed by atoms with van der Waals surface area (Å²) in [6.45, 7) is 10.9. The van der Waals surface area contributed by atoms with Gasteiger partial charge in [-0.05, 0) is 27.7 Å². The van der Waals surface area contributed by atoms with Gasteiger partial charge >= 0.3 is 0 Å². The minimum Gasteiger partial charge on any atom is -0.350 e. The molecule has 1 fully saturated rings. The third kappa shape index (κ3) is 1.17. The number of fused-ring (bicyclic) bond motifs is 1. The molecule has 0 aromatic heterocycles. The first-order chi connectivity index (χ1) is 5.38. The Morgan fingerprint density at radius 2 is 1.92 bits per heavy atom. The molecule has 2 heterocycles. The zero-order chi connectivity index (χ0) is 8.98. The summed E-state index contributed by atoms with van der Waals surface area (Å²) in [6.07, 6.45) is 0. The van der Waals surface area contributed by atoms with Crippen molar-refractivity contribution in [3.63, 3.8) is 0 Å². The fraction of sp³-hybridized carbons (Fsp3) is 0.889. The smallest absolute Gasteiger partial charge is 0.195 e. The number of nitrogens with one attached hydrogen (secondary N) is 1. The summed E-state index contributed by atoms with van der Waals surface area (Å²) in [4.78, 5) is 6.94. The van der Waals surface area contributed by atoms with E-state index >= 15 is 0 Å². The number of aliphatic imine (C=N–C) groups is 1. The van der Waals surface area contributed by atoms with E-state index in [9.17, 15) is 0 Å². The van der Waals surface area contributed by atoms with Crippen molar-refractivity contribution >= 4 is 5.96 Å². The molecule has 1 N–H and O–H groups in total. The highest BCUT2D eigenvalue weighted by Crippen LogP contribution is 2.25. The average Bonchev–Trinajstić information content (AvgIpc) is 2.12. The molecule has 0 amide bonds. The van der Waals surface area contributed by atoms with Crippen molar-refractivity contribution in [2.75, 3.05) is 13.1 Å². The van der Waals surface area contributed by atoms with E-state index in [1.54, 1.807) is 0 Å². The molecule has 0 bridgehead atoms. The molecule has 3 nitrogen and oxygen atoms in total. The quantitative estimate of drug-likeness (QED) is 0.578. The molecule has 0 saturated carbocycles. The van der Waals surface area contributed by atoms with Crippen molar-refractivity contribution in [2.45, 2.75) is 38.8 Å². The van der Waals surface area contributed by atoms with Crippen molar-refractivity contribution in [2.24, 2.45) is 4.99 Å². The van der Waals surface area contributed by atoms with Crippen molar-refractivity contribution in [1.82, 2.24) is 10.2 Å². The van der Waals surface area contributed by atoms with Crippen LogP contribution in [0.1, 0.15) is 27.7 Å². The van der Waals surface area contributed by atoms with Crippen molar-refractivity contribution in [1.29, 1.82) is 0 Å². The first-order valence-corrected chi connectivity index (χ1v) is 4.51. The van der Waals surface area contributed by atoms with E-state index in [0.717, 1.165) is 19.0 Å². The molecular weight excluding hydrogens is 150 g/mol. The highest BCUT2D eigenvalue weighted by molar-refractivity contribution is 5.85. The maximum Gasteiger partial charge on any atom is 0.195 e. The monoisotopic (exact) mass is 167 g/mol. The van der Waals surface area contributed by atoms with Gasteiger partial charge in [-0.25, -0.2) is 4.99 Å². The minimum absolute atomic E-state index is 0.110. The lowest BCUT2D eigenvalue weighted by molar-refractivity contribution is 0.342. The van der Waals surface area contributed by atoms with Gasteiger partial charge in [-0.1, -0.05) is 0 Å². The molecule has 0 radical (unpaired) electrons. The predicted molar refractivity (Wildman–Crippen MR) is 50.3 cm³/mol. The molecule has 0 unspecified atom stereocenters. The van der Waals surface area contributed by atoms with Gasteiger partial charge in [-0.3, -0.25) is 0 Å². The highest BCUT2D eigenvalue weighted by atomic mass is 15.4. The van der Waals surface area contributed by atoms with Gasteiger partial charge in [0.25, 0.3) is 0 Å². The molecule has 0 spiro atoms. The number of guanidine groups is 1. The Morgan fingerprint density at radius 1 is 1.25 bits per heavy atom. The first-order valence-electron chi connectivity index (χ1n) is 4.51. The Kier molecular flexibility index (Phi) is 1.28. The largest absolute Gasteiger partial charge is 0.350 e. The van der Waals surface area contributed by atoms with Gasteiger partial charge in [-0.2, -0.15) is 0 Å². The van der Waals surface area contributed by atoms with Crippen LogP contribution in [0.25, 0.3) is 0 Å². The topological polar surface area (TPSA) is 27.6 Å². The van der Waals surface area contributed by atoms with Crippen LogP contribution in [-0.2, 0) is 0 Å². The summed E-state index contributed by atoms with van der Waals surface area (Å²) < 4.78 is 0. The lowest BCUT2D eigenvalue weighted by atomic mass is 10.1. The summed E-state index contributed by atoms with van der Waals surface area (Å²) in [5.74, 6) is 1.09. The zero-order valence-corrected chi connectivity index (χ0v) is 8.31. The normalized spacial score (nSPS) is 29.7. The summed E-state index contributed by atoms with van der Waals surface area (Å²) in [6, 6.07) is 0. The second-order valence-corrected chi connectivity index (χ2v) is 5.11. The fourth-order valence-corrected chi connectivity index (χ4v) is 1.99. The van der Waals surface area contributed by atoms with Gasteiger partial charge < -0.3 is 10.2 Å². The molecule has 2 rings (SSSR count). The number of hydrogen-bond donors (Lipinski definition) is 1. The van der Waals surface area contributed by atoms with Gasteiger partial charge in [0, 0.05) is 13.1 Å². The lowest BCUT2D eigenvalue weighted by Crippen LogP contribution is -2.38. The second kappa shape index (κ2) is 1.95. The fourth-order valence-electron chi connectivity index (χ4n) is 1.99. The highest BCUT2D eigenvalue weighted by Gasteiger charge is 2.40. The van der Waals surface area contributed by atoms with Crippen LogP contribution in [0.15, 0.2) is 4.99 Å². The Bertz CT molecular complexity index is 240. The van der Waals surface area contributed by atoms with Gasteiger partial charge in [0.1, 0.15) is 0 Å². The SMILES string of the molecule is CC1(C)CN2CC(C)(C)NC2=N1. The Balaban J connectivity index is 2.21. The van der Waals surface area contributed by atoms with Crippen LogP contribution in [0, 0.1) is 0 Å². The van der Waals surface area contributed by atoms with Crippen LogP contribution >= 0.6 is 0 Å². The van der Waals surface area contributed by atoms with Crippen LogP contribution in [0.3, 0.4) is 0 Å². The number of rotatable bonds is 0. The molecule has 0 atom stereocenters. The van der Waals surface area contributed by atoms with Crippen LogP contribution in [0.2, 0.25) is 0 Å². The second-order valence-electron chi connectivity index (χ2n) is 5.11. The average molecular weight is 167 g/mol. The van der Waals surface area contributed by atoms with E-state index in [0.29, 0.717) is 0 Å². The molecule has 3 heteroatoms. The van der Waals surface area contributed by atoms with Gasteiger partial charge in [0.15, 0.2) is 5.96 Å². The molecule has 0 aliphatic carbocycles. The van der Waals surface area contributed by atoms with Crippen LogP contribution < -0.4 is 5.32 Å². The van der Waals surface area contributed by atoms with Gasteiger partial charge in [0.05, 0.1) is 11.1 Å². The zero-order valence-electron chi connectivity index (χ0n) is 8.31. The molecule has 68 valence electrons. The Hall–Kier alpha value is -0.730. The predicted octanol–water partition coefficient (Wildman–Crippen LogP) is 0.818. The molecule has 1 saturated heterocycles. The van der Waals surface area contributed by atoms with Gasteiger partial charge in [0.2, 0.25) is 0 Å². The van der Waals surface area contributed by atoms with Crippen LogP contribution in [0.4, 0.5) is 0 Å². The summed E-state index contributed by atoms with van der Waals surface area (Å²) in [5, 5.41) is 3.42. The summed E-state index contributed by atoms with van der Waals surface area (Å²) in [5.41, 5.74) is 0.314. The molecule has 12 heavy (non-hydrogen) atoms. The van der Waals surface area contributed by atoms with Crippen LogP contribution in [-0.4, -0.2) is 35.0 Å². The lowest BCUT2D eigenvalue weighted by Gasteiger charge is -2.21. The summed E-state index contributed by atoms with van der Waals surface area (Å²) in [7, 11) is 0. The molecule has 2 aliphatic rings. The third-order valence-corrected chi connectivity index (χ3v) is 2.32. The Morgan fingerprint density at radius 3 is 2.50 bits per heavy atom. The number of hydrogen-bond acceptors (Lipinski definition) is 3. The first kappa shape index (κ1) is 7.90. The van der Waals surface area contributed by atoms with E-state index < -0.39 is 0 Å². The maximum atomic E-state index is 4.61. The van der Waals surface area contributed by atoms with E-state index in [1.807, 2.05) is 0 Å². The van der Waals surface area contributed by atoms with E-state index in [4.69, 9.17) is 0 Å². The number of nitrogens with zero attached hydrogens (tertiary/aromatic N) is 2. The van der Waals surface area contributed by atoms with Gasteiger partial charge in [-0.15, -0.1) is 0 Å². The summed E-state index contributed by atoms with van der Waals surface area (Å²) >= 11 is 0. The maximum absolute atomic E-state index is 4.61. The Labute approximate surface area is 73.9 Å². The van der Waals surface area contributed by atoms with E-state index in [2.05, 4.69) is 42.9 Å². The molecule has 2 aliphatic heterocycles. The molecule has 0 aromatic rings. The van der Waals surface area contributed by atoms with E-state index in [1.165, 1.54) is 0 Å². The van der Waals surface area contributed by atoms with Crippen molar-refractivity contribution in [3.8, 4) is 0 Å².